The van der Waals surface area contributed by atoms with E-state index in [0.29, 0.717) is 6.54 Å². The summed E-state index contributed by atoms with van der Waals surface area (Å²) in [4.78, 5) is 0. The van der Waals surface area contributed by atoms with Crippen molar-refractivity contribution in [2.24, 2.45) is 5.73 Å². The van der Waals surface area contributed by atoms with Gasteiger partial charge in [-0.05, 0) is 57.9 Å². The van der Waals surface area contributed by atoms with Gasteiger partial charge in [-0.1, -0.05) is 160 Å². The number of rotatable bonds is 32. The number of hydrogen-bond acceptors (Lipinski definition) is 3. The maximum Gasteiger partial charge on any atom is 0.168 e. The first-order chi connectivity index (χ1) is 20.8. The Morgan fingerprint density at radius 2 is 0.952 bits per heavy atom. The van der Waals surface area contributed by atoms with Crippen molar-refractivity contribution in [3.05, 3.63) is 24.3 Å². The molecule has 1 aliphatic heterocycles. The largest absolute Gasteiger partial charge is 0.347 e. The zero-order chi connectivity index (χ0) is 30.2. The van der Waals surface area contributed by atoms with E-state index in [4.69, 9.17) is 15.2 Å². The monoisotopic (exact) mass is 590 g/mol. The molecule has 1 heterocycles. The van der Waals surface area contributed by atoms with Gasteiger partial charge in [0.05, 0.1) is 12.7 Å². The lowest BCUT2D eigenvalue weighted by Crippen LogP contribution is -2.31. The lowest BCUT2D eigenvalue weighted by Gasteiger charge is -2.28. The highest BCUT2D eigenvalue weighted by molar-refractivity contribution is 4.92. The number of allylic oxidation sites excluding steroid dienone is 4. The molecular formula is C39H75NO2. The SMILES string of the molecule is CCCCC/C=C\C/C=C\CCCCCCCCC1(CCCCCCCCCCCCCCCC)OCC(CCN)O1. The lowest BCUT2D eigenvalue weighted by molar-refractivity contribution is -0.179. The molecule has 0 aromatic heterocycles. The van der Waals surface area contributed by atoms with Gasteiger partial charge in [0, 0.05) is 12.8 Å². The molecule has 0 saturated carbocycles. The van der Waals surface area contributed by atoms with Gasteiger partial charge in [-0.3, -0.25) is 0 Å². The molecule has 1 rings (SSSR count). The summed E-state index contributed by atoms with van der Waals surface area (Å²) in [5, 5.41) is 0. The van der Waals surface area contributed by atoms with E-state index >= 15 is 0 Å². The predicted molar refractivity (Wildman–Crippen MR) is 186 cm³/mol. The molecule has 1 fully saturated rings. The molecule has 2 atom stereocenters. The summed E-state index contributed by atoms with van der Waals surface area (Å²) in [7, 11) is 0. The van der Waals surface area contributed by atoms with Crippen LogP contribution in [-0.2, 0) is 9.47 Å². The second-order valence-corrected chi connectivity index (χ2v) is 13.2. The molecule has 0 bridgehead atoms. The highest BCUT2D eigenvalue weighted by Gasteiger charge is 2.40. The second-order valence-electron chi connectivity index (χ2n) is 13.2. The van der Waals surface area contributed by atoms with Crippen LogP contribution in [-0.4, -0.2) is 25.0 Å². The van der Waals surface area contributed by atoms with Crippen LogP contribution in [0.3, 0.4) is 0 Å². The molecule has 0 aromatic carbocycles. The van der Waals surface area contributed by atoms with Crippen LogP contribution in [0.5, 0.6) is 0 Å². The van der Waals surface area contributed by atoms with Crippen LogP contribution in [0.2, 0.25) is 0 Å². The minimum Gasteiger partial charge on any atom is -0.347 e. The van der Waals surface area contributed by atoms with Crippen LogP contribution in [0.1, 0.15) is 200 Å². The Morgan fingerprint density at radius 1 is 0.548 bits per heavy atom. The molecule has 0 spiro atoms. The van der Waals surface area contributed by atoms with Gasteiger partial charge in [0.25, 0.3) is 0 Å². The van der Waals surface area contributed by atoms with Crippen molar-refractivity contribution < 1.29 is 9.47 Å². The van der Waals surface area contributed by atoms with Crippen LogP contribution < -0.4 is 5.73 Å². The standard InChI is InChI=1S/C39H75NO2/c1-3-5-7-9-11-13-15-17-19-20-22-24-26-28-30-32-35-39(41-37-38(42-39)33-36-40)34-31-29-27-25-23-21-18-16-14-12-10-8-6-4-2/h11,13,17,19,38H,3-10,12,14-16,18,20-37,40H2,1-2H3/b13-11-,19-17-. The molecule has 42 heavy (non-hydrogen) atoms. The zero-order valence-corrected chi connectivity index (χ0v) is 28.7. The van der Waals surface area contributed by atoms with Crippen molar-refractivity contribution in [2.45, 2.75) is 212 Å². The smallest absolute Gasteiger partial charge is 0.168 e. The summed E-state index contributed by atoms with van der Waals surface area (Å²) in [6.07, 6.45) is 47.7. The second kappa shape index (κ2) is 30.4. The van der Waals surface area contributed by atoms with Crippen molar-refractivity contribution in [1.29, 1.82) is 0 Å². The Morgan fingerprint density at radius 3 is 1.43 bits per heavy atom. The van der Waals surface area contributed by atoms with Crippen LogP contribution in [0, 0.1) is 0 Å². The fourth-order valence-electron chi connectivity index (χ4n) is 6.30. The van der Waals surface area contributed by atoms with E-state index in [1.165, 1.54) is 161 Å². The van der Waals surface area contributed by atoms with E-state index in [-0.39, 0.29) is 11.9 Å². The molecule has 3 heteroatoms. The minimum atomic E-state index is -0.327. The topological polar surface area (TPSA) is 44.5 Å². The van der Waals surface area contributed by atoms with Gasteiger partial charge in [-0.15, -0.1) is 0 Å². The third kappa shape index (κ3) is 23.8. The predicted octanol–water partition coefficient (Wildman–Crippen LogP) is 12.5. The Labute approximate surface area is 264 Å². The third-order valence-electron chi connectivity index (χ3n) is 9.07. The average molecular weight is 590 g/mol. The quantitative estimate of drug-likeness (QED) is 0.0627. The molecule has 248 valence electrons. The fraction of sp³-hybridized carbons (Fsp3) is 0.897. The minimum absolute atomic E-state index is 0.200. The average Bonchev–Trinajstić information content (AvgIpc) is 3.40. The van der Waals surface area contributed by atoms with E-state index in [9.17, 15) is 0 Å². The lowest BCUT2D eigenvalue weighted by atomic mass is 9.98. The molecule has 2 unspecified atom stereocenters. The molecule has 0 radical (unpaired) electrons. The number of unbranched alkanes of at least 4 members (excludes halogenated alkanes) is 22. The summed E-state index contributed by atoms with van der Waals surface area (Å²) in [6, 6.07) is 0. The van der Waals surface area contributed by atoms with E-state index in [0.717, 1.165) is 32.3 Å². The Balaban J connectivity index is 2.06. The molecule has 1 saturated heterocycles. The molecule has 0 aliphatic carbocycles. The molecule has 1 aliphatic rings. The van der Waals surface area contributed by atoms with Crippen LogP contribution in [0.25, 0.3) is 0 Å². The van der Waals surface area contributed by atoms with E-state index in [1.807, 2.05) is 0 Å². The van der Waals surface area contributed by atoms with Gasteiger partial charge in [0.1, 0.15) is 0 Å². The Hall–Kier alpha value is -0.640. The highest BCUT2D eigenvalue weighted by Crippen LogP contribution is 2.35. The zero-order valence-electron chi connectivity index (χ0n) is 28.7. The van der Waals surface area contributed by atoms with Crippen molar-refractivity contribution in [1.82, 2.24) is 0 Å². The summed E-state index contributed by atoms with van der Waals surface area (Å²) in [5.41, 5.74) is 5.83. The Kier molecular flexibility index (Phi) is 28.5. The summed E-state index contributed by atoms with van der Waals surface area (Å²) >= 11 is 0. The van der Waals surface area contributed by atoms with Crippen molar-refractivity contribution in [3.63, 3.8) is 0 Å². The maximum absolute atomic E-state index is 6.51. The van der Waals surface area contributed by atoms with Gasteiger partial charge in [0.15, 0.2) is 5.79 Å². The number of hydrogen-bond donors (Lipinski definition) is 1. The molecule has 2 N–H and O–H groups in total. The van der Waals surface area contributed by atoms with E-state index in [2.05, 4.69) is 38.2 Å². The number of nitrogens with two attached hydrogens (primary N) is 1. The molecule has 0 aromatic rings. The van der Waals surface area contributed by atoms with Gasteiger partial charge < -0.3 is 15.2 Å². The normalized spacial score (nSPS) is 19.2. The van der Waals surface area contributed by atoms with Gasteiger partial charge in [-0.25, -0.2) is 0 Å². The third-order valence-corrected chi connectivity index (χ3v) is 9.07. The molecular weight excluding hydrogens is 514 g/mol. The van der Waals surface area contributed by atoms with Crippen molar-refractivity contribution in [2.75, 3.05) is 13.2 Å². The number of ether oxygens (including phenoxy) is 2. The first-order valence-corrected chi connectivity index (χ1v) is 19.1. The molecule has 3 nitrogen and oxygen atoms in total. The van der Waals surface area contributed by atoms with Crippen LogP contribution >= 0.6 is 0 Å². The first-order valence-electron chi connectivity index (χ1n) is 19.1. The van der Waals surface area contributed by atoms with E-state index in [1.54, 1.807) is 0 Å². The summed E-state index contributed by atoms with van der Waals surface area (Å²) in [6.45, 7) is 5.99. The van der Waals surface area contributed by atoms with Gasteiger partial charge in [0.2, 0.25) is 0 Å². The molecule has 0 amide bonds. The first kappa shape index (κ1) is 39.4. The van der Waals surface area contributed by atoms with Gasteiger partial charge in [-0.2, -0.15) is 0 Å². The fourth-order valence-corrected chi connectivity index (χ4v) is 6.30. The van der Waals surface area contributed by atoms with Crippen molar-refractivity contribution in [3.8, 4) is 0 Å². The van der Waals surface area contributed by atoms with Crippen molar-refractivity contribution >= 4 is 0 Å². The summed E-state index contributed by atoms with van der Waals surface area (Å²) in [5.74, 6) is -0.327. The Bertz CT molecular complexity index is 603. The van der Waals surface area contributed by atoms with E-state index < -0.39 is 0 Å². The van der Waals surface area contributed by atoms with Gasteiger partial charge >= 0.3 is 0 Å². The maximum atomic E-state index is 6.51. The van der Waals surface area contributed by atoms with Crippen LogP contribution in [0.4, 0.5) is 0 Å². The van der Waals surface area contributed by atoms with Crippen LogP contribution in [0.15, 0.2) is 24.3 Å². The highest BCUT2D eigenvalue weighted by atomic mass is 16.7. The summed E-state index contributed by atoms with van der Waals surface area (Å²) < 4.78 is 12.9.